The third-order valence-electron chi connectivity index (χ3n) is 3.41. The molecule has 0 aliphatic carbocycles. The van der Waals surface area contributed by atoms with Gasteiger partial charge in [-0.3, -0.25) is 5.10 Å². The Morgan fingerprint density at radius 3 is 2.36 bits per heavy atom. The minimum Gasteiger partial charge on any atom is -0.277 e. The first kappa shape index (κ1) is 12.5. The lowest BCUT2D eigenvalue weighted by Crippen LogP contribution is -1.99. The Morgan fingerprint density at radius 1 is 0.864 bits per heavy atom. The zero-order chi connectivity index (χ0) is 14.8. The monoisotopic (exact) mass is 288 g/mol. The van der Waals surface area contributed by atoms with E-state index in [-0.39, 0.29) is 0 Å². The third-order valence-corrected chi connectivity index (χ3v) is 3.41. The van der Waals surface area contributed by atoms with Crippen LogP contribution in [0, 0.1) is 0 Å². The largest absolute Gasteiger partial charge is 0.277 e. The SMILES string of the molecule is c1ccc(-c2[nH]ncc2-c2nnnn2-c2ccccc2)cc1. The van der Waals surface area contributed by atoms with Gasteiger partial charge >= 0.3 is 0 Å². The Labute approximate surface area is 126 Å². The summed E-state index contributed by atoms with van der Waals surface area (Å²) in [5.41, 5.74) is 3.70. The van der Waals surface area contributed by atoms with E-state index in [0.29, 0.717) is 5.82 Å². The Bertz CT molecular complexity index is 803. The van der Waals surface area contributed by atoms with Crippen LogP contribution in [0.4, 0.5) is 0 Å². The molecule has 0 saturated heterocycles. The molecule has 0 aliphatic rings. The van der Waals surface area contributed by atoms with Crippen LogP contribution in [0.25, 0.3) is 28.3 Å². The van der Waals surface area contributed by atoms with Crippen LogP contribution in [-0.4, -0.2) is 30.4 Å². The van der Waals surface area contributed by atoms with Crippen LogP contribution in [0.15, 0.2) is 66.9 Å². The zero-order valence-corrected chi connectivity index (χ0v) is 11.6. The van der Waals surface area contributed by atoms with Gasteiger partial charge in [0, 0.05) is 5.56 Å². The van der Waals surface area contributed by atoms with Crippen molar-refractivity contribution in [3.8, 4) is 28.3 Å². The van der Waals surface area contributed by atoms with Gasteiger partial charge in [0.05, 0.1) is 23.1 Å². The number of H-pyrrole nitrogens is 1. The van der Waals surface area contributed by atoms with Gasteiger partial charge in [0.15, 0.2) is 5.82 Å². The molecule has 0 fully saturated rings. The number of aromatic nitrogens is 6. The van der Waals surface area contributed by atoms with E-state index in [1.54, 1.807) is 10.9 Å². The number of para-hydroxylation sites is 1. The number of aromatic amines is 1. The van der Waals surface area contributed by atoms with E-state index in [1.165, 1.54) is 0 Å². The van der Waals surface area contributed by atoms with Crippen LogP contribution < -0.4 is 0 Å². The molecule has 6 nitrogen and oxygen atoms in total. The molecule has 0 unspecified atom stereocenters. The molecule has 2 aromatic heterocycles. The summed E-state index contributed by atoms with van der Waals surface area (Å²) >= 11 is 0. The van der Waals surface area contributed by atoms with Crippen molar-refractivity contribution >= 4 is 0 Å². The molecule has 22 heavy (non-hydrogen) atoms. The normalized spacial score (nSPS) is 10.7. The first-order valence-electron chi connectivity index (χ1n) is 6.86. The average molecular weight is 288 g/mol. The minimum absolute atomic E-state index is 0.652. The lowest BCUT2D eigenvalue weighted by Gasteiger charge is -2.05. The molecule has 0 atom stereocenters. The van der Waals surface area contributed by atoms with Gasteiger partial charge in [0.1, 0.15) is 0 Å². The highest BCUT2D eigenvalue weighted by atomic mass is 15.5. The molecule has 6 heteroatoms. The molecule has 0 amide bonds. The van der Waals surface area contributed by atoms with Crippen molar-refractivity contribution in [2.24, 2.45) is 0 Å². The fraction of sp³-hybridized carbons (Fsp3) is 0. The molecule has 4 aromatic rings. The third kappa shape index (κ3) is 2.07. The fourth-order valence-corrected chi connectivity index (χ4v) is 2.38. The summed E-state index contributed by atoms with van der Waals surface area (Å²) in [5.74, 6) is 0.652. The molecule has 106 valence electrons. The molecule has 1 N–H and O–H groups in total. The molecule has 0 bridgehead atoms. The maximum absolute atomic E-state index is 4.16. The number of nitrogens with zero attached hydrogens (tertiary/aromatic N) is 5. The van der Waals surface area contributed by atoms with Crippen molar-refractivity contribution in [3.63, 3.8) is 0 Å². The number of benzene rings is 2. The Kier molecular flexibility index (Phi) is 2.97. The Morgan fingerprint density at radius 2 is 1.59 bits per heavy atom. The first-order valence-corrected chi connectivity index (χ1v) is 6.86. The predicted octanol–water partition coefficient (Wildman–Crippen LogP) is 2.72. The highest BCUT2D eigenvalue weighted by Crippen LogP contribution is 2.29. The summed E-state index contributed by atoms with van der Waals surface area (Å²) in [6.07, 6.45) is 1.74. The summed E-state index contributed by atoms with van der Waals surface area (Å²) in [6.45, 7) is 0. The van der Waals surface area contributed by atoms with Crippen LogP contribution >= 0.6 is 0 Å². The van der Waals surface area contributed by atoms with Gasteiger partial charge in [-0.15, -0.1) is 5.10 Å². The van der Waals surface area contributed by atoms with Crippen molar-refractivity contribution in [3.05, 3.63) is 66.9 Å². The van der Waals surface area contributed by atoms with Gasteiger partial charge in [-0.1, -0.05) is 48.5 Å². The number of tetrazole rings is 1. The lowest BCUT2D eigenvalue weighted by atomic mass is 10.1. The Hall–Kier alpha value is -3.28. The zero-order valence-electron chi connectivity index (χ0n) is 11.6. The first-order chi connectivity index (χ1) is 10.9. The number of hydrogen-bond acceptors (Lipinski definition) is 4. The van der Waals surface area contributed by atoms with Crippen molar-refractivity contribution in [2.75, 3.05) is 0 Å². The predicted molar refractivity (Wildman–Crippen MR) is 82.2 cm³/mol. The molecule has 4 rings (SSSR count). The second-order valence-corrected chi connectivity index (χ2v) is 4.77. The summed E-state index contributed by atoms with van der Waals surface area (Å²) in [5, 5.41) is 19.3. The standard InChI is InChI=1S/C16H12N6/c1-3-7-12(8-4-1)15-14(11-17-18-15)16-19-20-21-22(16)13-9-5-2-6-10-13/h1-11H,(H,17,18). The molecule has 0 radical (unpaired) electrons. The van der Waals surface area contributed by atoms with Crippen molar-refractivity contribution in [1.82, 2.24) is 30.4 Å². The van der Waals surface area contributed by atoms with Crippen LogP contribution in [0.2, 0.25) is 0 Å². The van der Waals surface area contributed by atoms with E-state index >= 15 is 0 Å². The van der Waals surface area contributed by atoms with Crippen LogP contribution in [0.5, 0.6) is 0 Å². The minimum atomic E-state index is 0.652. The lowest BCUT2D eigenvalue weighted by molar-refractivity contribution is 0.791. The van der Waals surface area contributed by atoms with Gasteiger partial charge in [0.2, 0.25) is 0 Å². The van der Waals surface area contributed by atoms with E-state index in [2.05, 4.69) is 25.7 Å². The molecule has 0 aliphatic heterocycles. The van der Waals surface area contributed by atoms with Gasteiger partial charge in [-0.2, -0.15) is 9.78 Å². The average Bonchev–Trinajstić information content (AvgIpc) is 3.25. The van der Waals surface area contributed by atoms with Crippen LogP contribution in [0.3, 0.4) is 0 Å². The van der Waals surface area contributed by atoms with Gasteiger partial charge in [0.25, 0.3) is 0 Å². The Balaban J connectivity index is 1.86. The summed E-state index contributed by atoms with van der Waals surface area (Å²) in [6, 6.07) is 19.8. The highest BCUT2D eigenvalue weighted by molar-refractivity contribution is 5.77. The van der Waals surface area contributed by atoms with E-state index in [9.17, 15) is 0 Å². The van der Waals surface area contributed by atoms with Crippen molar-refractivity contribution in [1.29, 1.82) is 0 Å². The summed E-state index contributed by atoms with van der Waals surface area (Å²) < 4.78 is 1.71. The fourth-order valence-electron chi connectivity index (χ4n) is 2.38. The van der Waals surface area contributed by atoms with Crippen molar-refractivity contribution in [2.45, 2.75) is 0 Å². The maximum Gasteiger partial charge on any atom is 0.190 e. The number of hydrogen-bond donors (Lipinski definition) is 1. The second kappa shape index (κ2) is 5.25. The van der Waals surface area contributed by atoms with Crippen molar-refractivity contribution < 1.29 is 0 Å². The van der Waals surface area contributed by atoms with Crippen LogP contribution in [0.1, 0.15) is 0 Å². The van der Waals surface area contributed by atoms with Gasteiger partial charge in [-0.25, -0.2) is 0 Å². The smallest absolute Gasteiger partial charge is 0.190 e. The summed E-state index contributed by atoms with van der Waals surface area (Å²) in [4.78, 5) is 0. The summed E-state index contributed by atoms with van der Waals surface area (Å²) in [7, 11) is 0. The number of nitrogens with one attached hydrogen (secondary N) is 1. The topological polar surface area (TPSA) is 72.3 Å². The molecule has 2 aromatic carbocycles. The van der Waals surface area contributed by atoms with E-state index in [4.69, 9.17) is 0 Å². The van der Waals surface area contributed by atoms with Gasteiger partial charge in [-0.05, 0) is 22.6 Å². The molecule has 0 spiro atoms. The highest BCUT2D eigenvalue weighted by Gasteiger charge is 2.17. The molecule has 2 heterocycles. The van der Waals surface area contributed by atoms with E-state index in [0.717, 1.165) is 22.5 Å². The molecule has 0 saturated carbocycles. The second-order valence-electron chi connectivity index (χ2n) is 4.77. The quantitative estimate of drug-likeness (QED) is 0.629. The molecular weight excluding hydrogens is 276 g/mol. The number of rotatable bonds is 3. The maximum atomic E-state index is 4.16. The van der Waals surface area contributed by atoms with E-state index < -0.39 is 0 Å². The van der Waals surface area contributed by atoms with Gasteiger partial charge < -0.3 is 0 Å². The molecular formula is C16H12N6. The van der Waals surface area contributed by atoms with E-state index in [1.807, 2.05) is 60.7 Å². The van der Waals surface area contributed by atoms with Crippen LogP contribution in [-0.2, 0) is 0 Å².